The van der Waals surface area contributed by atoms with E-state index in [2.05, 4.69) is 44.2 Å². The maximum atomic E-state index is 2.32. The molecule has 0 saturated carbocycles. The summed E-state index contributed by atoms with van der Waals surface area (Å²) in [6.07, 6.45) is 2.32. The molecule has 0 N–H and O–H groups in total. The van der Waals surface area contributed by atoms with Crippen molar-refractivity contribution >= 4 is 24.4 Å². The van der Waals surface area contributed by atoms with Crippen molar-refractivity contribution in [2.24, 2.45) is 0 Å². The average Bonchev–Trinajstić information content (AvgIpc) is 2.30. The fourth-order valence-electron chi connectivity index (χ4n) is 1.81. The average molecular weight is 151 g/mol. The topological polar surface area (TPSA) is 0 Å². The summed E-state index contributed by atoms with van der Waals surface area (Å²) in [6.45, 7) is 4.43. The Bertz CT molecular complexity index is 313. The Kier molecular flexibility index (Phi) is 2.83. The molecule has 0 saturated heterocycles. The molecule has 12 heavy (non-hydrogen) atoms. The van der Waals surface area contributed by atoms with E-state index in [1.54, 1.807) is 0 Å². The molecule has 57 valence electrons. The summed E-state index contributed by atoms with van der Waals surface area (Å²) in [7, 11) is 0. The summed E-state index contributed by atoms with van der Waals surface area (Å²) in [6, 6.07) is 8.63. The number of allylic oxidation sites excluding steroid dienone is 2. The molecule has 1 aromatic rings. The Balaban J connectivity index is 0.000000720. The van der Waals surface area contributed by atoms with E-state index in [1.165, 1.54) is 16.7 Å². The summed E-state index contributed by atoms with van der Waals surface area (Å²) in [4.78, 5) is 0. The first-order valence-electron chi connectivity index (χ1n) is 4.07. The second kappa shape index (κ2) is 3.52. The van der Waals surface area contributed by atoms with Gasteiger partial charge in [-0.05, 0) is 23.6 Å². The number of hydrogen-bond donors (Lipinski definition) is 0. The maximum absolute atomic E-state index is 2.32. The van der Waals surface area contributed by atoms with Crippen LogP contribution in [0.5, 0.6) is 0 Å². The van der Waals surface area contributed by atoms with Gasteiger partial charge in [-0.3, -0.25) is 0 Å². The minimum Gasteiger partial charge on any atom is -0.0737 e. The molecule has 1 aromatic carbocycles. The van der Waals surface area contributed by atoms with Crippen LogP contribution in [-0.4, -0.2) is 18.9 Å². The van der Waals surface area contributed by atoms with E-state index in [0.717, 1.165) is 0 Å². The largest absolute Gasteiger partial charge is 0.0737 e. The Hall–Kier alpha value is -0.443. The van der Waals surface area contributed by atoms with Gasteiger partial charge in [-0.1, -0.05) is 37.3 Å². The Morgan fingerprint density at radius 1 is 1.17 bits per heavy atom. The second-order valence-corrected chi connectivity index (χ2v) is 3.23. The normalized spacial score (nSPS) is 19.5. The predicted octanol–water partition coefficient (Wildman–Crippen LogP) is 2.83. The first-order chi connectivity index (χ1) is 5.29. The third-order valence-corrected chi connectivity index (χ3v) is 2.38. The van der Waals surface area contributed by atoms with Gasteiger partial charge in [0.2, 0.25) is 0 Å². The summed E-state index contributed by atoms with van der Waals surface area (Å²) in [5.74, 6) is 0.617. The van der Waals surface area contributed by atoms with Gasteiger partial charge in [0.15, 0.2) is 0 Å². The smallest absolute Gasteiger partial charge is 0.000152 e. The first-order valence-corrected chi connectivity index (χ1v) is 4.07. The molecule has 1 aliphatic rings. The molecule has 0 fully saturated rings. The number of hydrogen-bond acceptors (Lipinski definition) is 0. The minimum atomic E-state index is 0. The van der Waals surface area contributed by atoms with Crippen LogP contribution in [-0.2, 0) is 0 Å². The quantitative estimate of drug-likeness (QED) is 0.500. The van der Waals surface area contributed by atoms with Gasteiger partial charge in [-0.25, -0.2) is 0 Å². The van der Waals surface area contributed by atoms with E-state index in [4.69, 9.17) is 0 Å². The summed E-state index contributed by atoms with van der Waals surface area (Å²) >= 11 is 0. The number of benzene rings is 1. The zero-order valence-corrected chi connectivity index (χ0v) is 7.96. The fourth-order valence-corrected chi connectivity index (χ4v) is 1.81. The van der Waals surface area contributed by atoms with E-state index >= 15 is 0 Å². The summed E-state index contributed by atoms with van der Waals surface area (Å²) in [5, 5.41) is 0. The van der Waals surface area contributed by atoms with Gasteiger partial charge in [-0.2, -0.15) is 0 Å². The van der Waals surface area contributed by atoms with E-state index in [-0.39, 0.29) is 18.9 Å². The molecule has 0 spiro atoms. The van der Waals surface area contributed by atoms with Crippen molar-refractivity contribution in [3.8, 4) is 0 Å². The molecule has 1 atom stereocenters. The molecule has 1 unspecified atom stereocenters. The van der Waals surface area contributed by atoms with Crippen LogP contribution in [0.3, 0.4) is 0 Å². The van der Waals surface area contributed by atoms with Crippen LogP contribution >= 0.6 is 0 Å². The molecule has 0 nitrogen and oxygen atoms in total. The molecule has 0 bridgehead atoms. The van der Waals surface area contributed by atoms with Crippen LogP contribution in [0.2, 0.25) is 0 Å². The molecular weight excluding hydrogens is 139 g/mol. The third-order valence-electron chi connectivity index (χ3n) is 2.38. The third kappa shape index (κ3) is 1.38. The predicted molar refractivity (Wildman–Crippen MR) is 54.3 cm³/mol. The number of rotatable bonds is 0. The summed E-state index contributed by atoms with van der Waals surface area (Å²) in [5.41, 5.74) is 4.33. The van der Waals surface area contributed by atoms with Crippen LogP contribution in [0.4, 0.5) is 0 Å². The van der Waals surface area contributed by atoms with Crippen molar-refractivity contribution in [2.45, 2.75) is 19.8 Å². The Morgan fingerprint density at radius 2 is 1.83 bits per heavy atom. The van der Waals surface area contributed by atoms with Gasteiger partial charge in [0.1, 0.15) is 0 Å². The van der Waals surface area contributed by atoms with Crippen molar-refractivity contribution in [3.05, 3.63) is 41.5 Å². The number of fused-ring (bicyclic) bond motifs is 1. The van der Waals surface area contributed by atoms with Crippen molar-refractivity contribution in [1.29, 1.82) is 0 Å². The Labute approximate surface area is 85.9 Å². The van der Waals surface area contributed by atoms with Gasteiger partial charge in [-0.15, -0.1) is 0 Å². The van der Waals surface area contributed by atoms with E-state index < -0.39 is 0 Å². The molecule has 2 rings (SSSR count). The van der Waals surface area contributed by atoms with Crippen LogP contribution in [0.15, 0.2) is 30.3 Å². The van der Waals surface area contributed by atoms with Gasteiger partial charge in [0.05, 0.1) is 0 Å². The van der Waals surface area contributed by atoms with Crippen molar-refractivity contribution in [3.63, 3.8) is 0 Å². The van der Waals surface area contributed by atoms with Crippen LogP contribution in [0.1, 0.15) is 30.9 Å². The van der Waals surface area contributed by atoms with Gasteiger partial charge < -0.3 is 0 Å². The SMILES string of the molecule is CC1=CC(C)c2ccccc21.[Li]. The molecule has 0 aliphatic heterocycles. The molecule has 0 heterocycles. The monoisotopic (exact) mass is 151 g/mol. The fraction of sp³-hybridized carbons (Fsp3) is 0.273. The maximum Gasteiger partial charge on any atom is 0.000152 e. The Morgan fingerprint density at radius 3 is 2.50 bits per heavy atom. The van der Waals surface area contributed by atoms with Crippen molar-refractivity contribution in [1.82, 2.24) is 0 Å². The molecule has 0 aromatic heterocycles. The molecule has 1 aliphatic carbocycles. The van der Waals surface area contributed by atoms with E-state index in [1.807, 2.05) is 0 Å². The molecular formula is C11H12Li. The van der Waals surface area contributed by atoms with Gasteiger partial charge in [0, 0.05) is 24.8 Å². The zero-order valence-electron chi connectivity index (χ0n) is 7.96. The van der Waals surface area contributed by atoms with Crippen LogP contribution < -0.4 is 0 Å². The first kappa shape index (κ1) is 9.64. The van der Waals surface area contributed by atoms with E-state index in [9.17, 15) is 0 Å². The van der Waals surface area contributed by atoms with Crippen molar-refractivity contribution < 1.29 is 0 Å². The molecule has 0 amide bonds. The summed E-state index contributed by atoms with van der Waals surface area (Å²) < 4.78 is 0. The van der Waals surface area contributed by atoms with Crippen LogP contribution in [0, 0.1) is 0 Å². The van der Waals surface area contributed by atoms with Gasteiger partial charge in [0.25, 0.3) is 0 Å². The van der Waals surface area contributed by atoms with Crippen LogP contribution in [0.25, 0.3) is 5.57 Å². The molecule has 1 radical (unpaired) electrons. The van der Waals surface area contributed by atoms with Gasteiger partial charge >= 0.3 is 0 Å². The second-order valence-electron chi connectivity index (χ2n) is 3.23. The van der Waals surface area contributed by atoms with Crippen molar-refractivity contribution in [2.75, 3.05) is 0 Å². The zero-order chi connectivity index (χ0) is 7.84. The minimum absolute atomic E-state index is 0. The van der Waals surface area contributed by atoms with E-state index in [0.29, 0.717) is 5.92 Å². The molecule has 1 heteroatoms. The standard InChI is InChI=1S/C11H12.Li/c1-8-7-9(2)11-6-4-3-5-10(8)11;/h3-8H,1-2H3;.